The Kier molecular flexibility index (Phi) is 8.83. The van der Waals surface area contributed by atoms with Crippen molar-refractivity contribution in [2.75, 3.05) is 24.8 Å². The molecule has 10 nitrogen and oxygen atoms in total. The number of nitrogens with zero attached hydrogens (tertiary/aromatic N) is 4. The molecular formula is C34H38F3N5O5Si. The normalized spacial score (nSPS) is 23.7. The summed E-state index contributed by atoms with van der Waals surface area (Å²) >= 11 is 0. The molecule has 3 aromatic rings. The van der Waals surface area contributed by atoms with E-state index in [9.17, 15) is 27.6 Å². The Hall–Kier alpha value is -4.30. The molecular weight excluding hydrogens is 643 g/mol. The zero-order valence-corrected chi connectivity index (χ0v) is 28.2. The van der Waals surface area contributed by atoms with Crippen molar-refractivity contribution in [1.82, 2.24) is 20.2 Å². The number of anilines is 1. The number of piperidine rings is 1. The van der Waals surface area contributed by atoms with Crippen molar-refractivity contribution >= 4 is 31.6 Å². The highest BCUT2D eigenvalue weighted by Crippen LogP contribution is 2.49. The predicted molar refractivity (Wildman–Crippen MR) is 173 cm³/mol. The first-order valence-electron chi connectivity index (χ1n) is 15.9. The van der Waals surface area contributed by atoms with Crippen molar-refractivity contribution in [1.29, 1.82) is 0 Å². The van der Waals surface area contributed by atoms with E-state index in [2.05, 4.69) is 34.9 Å². The number of ether oxygens (including phenoxy) is 2. The molecule has 1 N–H and O–H groups in total. The van der Waals surface area contributed by atoms with E-state index in [0.717, 1.165) is 16.5 Å². The fourth-order valence-electron chi connectivity index (χ4n) is 6.65. The summed E-state index contributed by atoms with van der Waals surface area (Å²) in [6.45, 7) is 7.42. The van der Waals surface area contributed by atoms with Crippen LogP contribution in [-0.2, 0) is 26.3 Å². The van der Waals surface area contributed by atoms with Gasteiger partial charge in [-0.1, -0.05) is 50.0 Å². The topological polar surface area (TPSA) is 114 Å². The van der Waals surface area contributed by atoms with Crippen molar-refractivity contribution in [3.63, 3.8) is 0 Å². The van der Waals surface area contributed by atoms with Gasteiger partial charge in [-0.3, -0.25) is 19.3 Å². The summed E-state index contributed by atoms with van der Waals surface area (Å²) in [5, 5.41) is 2.67. The standard InChI is InChI=1S/C34H38F3N5O5Si/c1-21-25(22-9-6-5-7-10-22)16-27(31(44)41(21)19-34(35,36)37)40-29(43)24-15-23-17-33(47-30(23)39-18-24)26-11-8-12-38-28(26)42(32(33)45)20-46-13-14-48(2,3)4/h5-12,15,18,21,25,27H,13-14,16-17,19-20H2,1-4H3,(H,40,43)/t21-,25-,27+,33?/m1/s1. The lowest BCUT2D eigenvalue weighted by Gasteiger charge is -2.43. The maximum atomic E-state index is 13.9. The quantitative estimate of drug-likeness (QED) is 0.249. The van der Waals surface area contributed by atoms with E-state index in [0.29, 0.717) is 23.6 Å². The van der Waals surface area contributed by atoms with E-state index in [1.165, 1.54) is 11.1 Å². The van der Waals surface area contributed by atoms with Crippen molar-refractivity contribution in [2.24, 2.45) is 0 Å². The molecule has 5 heterocycles. The molecule has 6 rings (SSSR count). The van der Waals surface area contributed by atoms with E-state index in [-0.39, 0.29) is 36.9 Å². The molecule has 1 saturated heterocycles. The van der Waals surface area contributed by atoms with Gasteiger partial charge in [-0.2, -0.15) is 13.2 Å². The third-order valence-electron chi connectivity index (χ3n) is 9.21. The zero-order chi connectivity index (χ0) is 34.4. The molecule has 0 radical (unpaired) electrons. The second kappa shape index (κ2) is 12.6. The number of hydrogen-bond acceptors (Lipinski definition) is 7. The lowest BCUT2D eigenvalue weighted by molar-refractivity contribution is -0.170. The maximum Gasteiger partial charge on any atom is 0.406 e. The second-order valence-corrected chi connectivity index (χ2v) is 19.5. The summed E-state index contributed by atoms with van der Waals surface area (Å²) in [6, 6.07) is 13.0. The molecule has 2 aromatic heterocycles. The van der Waals surface area contributed by atoms with Gasteiger partial charge < -0.3 is 19.7 Å². The van der Waals surface area contributed by atoms with Gasteiger partial charge in [-0.25, -0.2) is 9.97 Å². The summed E-state index contributed by atoms with van der Waals surface area (Å²) in [6.07, 6.45) is -1.55. The number of amides is 3. The third-order valence-corrected chi connectivity index (χ3v) is 10.9. The van der Waals surface area contributed by atoms with E-state index in [1.54, 1.807) is 61.7 Å². The molecule has 1 unspecified atom stereocenters. The van der Waals surface area contributed by atoms with Crippen LogP contribution in [0.4, 0.5) is 19.0 Å². The number of hydrogen-bond donors (Lipinski definition) is 1. The lowest BCUT2D eigenvalue weighted by Crippen LogP contribution is -2.59. The Balaban J connectivity index is 1.21. The first kappa shape index (κ1) is 33.6. The minimum Gasteiger partial charge on any atom is -0.455 e. The molecule has 3 amide bonds. The average Bonchev–Trinajstić information content (AvgIpc) is 3.53. The van der Waals surface area contributed by atoms with Gasteiger partial charge in [0.15, 0.2) is 0 Å². The number of halogens is 3. The fraction of sp³-hybridized carbons (Fsp3) is 0.441. The Morgan fingerprint density at radius 3 is 2.58 bits per heavy atom. The molecule has 1 spiro atoms. The number of alkyl halides is 3. The van der Waals surface area contributed by atoms with Crippen LogP contribution in [0.25, 0.3) is 0 Å². The highest BCUT2D eigenvalue weighted by Gasteiger charge is 2.58. The summed E-state index contributed by atoms with van der Waals surface area (Å²) in [5.41, 5.74) is 0.482. The van der Waals surface area contributed by atoms with E-state index in [1.807, 2.05) is 0 Å². The highest BCUT2D eigenvalue weighted by molar-refractivity contribution is 6.76. The molecule has 0 saturated carbocycles. The van der Waals surface area contributed by atoms with Gasteiger partial charge in [0.2, 0.25) is 17.4 Å². The molecule has 48 heavy (non-hydrogen) atoms. The van der Waals surface area contributed by atoms with Crippen LogP contribution >= 0.6 is 0 Å². The number of pyridine rings is 2. The van der Waals surface area contributed by atoms with Crippen molar-refractivity contribution in [3.05, 3.63) is 83.2 Å². The number of aromatic nitrogens is 2. The monoisotopic (exact) mass is 681 g/mol. The largest absolute Gasteiger partial charge is 0.455 e. The molecule has 1 aromatic carbocycles. The van der Waals surface area contributed by atoms with Gasteiger partial charge in [0.1, 0.15) is 25.1 Å². The first-order valence-corrected chi connectivity index (χ1v) is 19.6. The summed E-state index contributed by atoms with van der Waals surface area (Å²) in [4.78, 5) is 51.9. The smallest absolute Gasteiger partial charge is 0.406 e. The zero-order valence-electron chi connectivity index (χ0n) is 27.2. The minimum atomic E-state index is -4.61. The molecule has 14 heteroatoms. The lowest BCUT2D eigenvalue weighted by atomic mass is 9.81. The SMILES string of the molecule is C[C@@H]1[C@H](c2ccccc2)C[C@H](NC(=O)c2cnc3c(c2)CC2(O3)C(=O)N(COCC[Si](C)(C)C)c3ncccc32)C(=O)N1CC(F)(F)F. The molecule has 3 aliphatic heterocycles. The number of fused-ring (bicyclic) bond motifs is 3. The Morgan fingerprint density at radius 1 is 1.12 bits per heavy atom. The van der Waals surface area contributed by atoms with Crippen LogP contribution in [0.2, 0.25) is 25.7 Å². The minimum absolute atomic E-state index is 0.0131. The predicted octanol–water partition coefficient (Wildman–Crippen LogP) is 5.03. The van der Waals surface area contributed by atoms with Gasteiger partial charge in [-0.05, 0) is 43.2 Å². The molecule has 0 bridgehead atoms. The molecule has 254 valence electrons. The van der Waals surface area contributed by atoms with Crippen LogP contribution in [0.15, 0.2) is 60.9 Å². The van der Waals surface area contributed by atoms with E-state index >= 15 is 0 Å². The molecule has 1 fully saturated rings. The van der Waals surface area contributed by atoms with Crippen LogP contribution in [0.1, 0.15) is 46.3 Å². The van der Waals surface area contributed by atoms with Gasteiger partial charge in [-0.15, -0.1) is 0 Å². The first-order chi connectivity index (χ1) is 22.7. The van der Waals surface area contributed by atoms with E-state index < -0.39 is 56.2 Å². The van der Waals surface area contributed by atoms with Gasteiger partial charge in [0.25, 0.3) is 11.8 Å². The number of likely N-dealkylation sites (tertiary alicyclic amines) is 1. The average molecular weight is 682 g/mol. The number of carbonyl (C=O) groups is 3. The van der Waals surface area contributed by atoms with E-state index in [4.69, 9.17) is 9.47 Å². The van der Waals surface area contributed by atoms with Crippen molar-refractivity contribution in [2.45, 2.75) is 75.2 Å². The van der Waals surface area contributed by atoms with Gasteiger partial charge in [0.05, 0.1) is 5.56 Å². The van der Waals surface area contributed by atoms with Gasteiger partial charge >= 0.3 is 6.18 Å². The van der Waals surface area contributed by atoms with Crippen molar-refractivity contribution in [3.8, 4) is 5.88 Å². The van der Waals surface area contributed by atoms with Crippen LogP contribution in [0.3, 0.4) is 0 Å². The van der Waals surface area contributed by atoms with Crippen LogP contribution in [0.5, 0.6) is 5.88 Å². The molecule has 3 aliphatic rings. The second-order valence-electron chi connectivity index (χ2n) is 13.9. The van der Waals surface area contributed by atoms with Crippen LogP contribution in [-0.4, -0.2) is 78.8 Å². The fourth-order valence-corrected chi connectivity index (χ4v) is 7.41. The number of nitrogens with one attached hydrogen (secondary N) is 1. The maximum absolute atomic E-state index is 13.9. The highest BCUT2D eigenvalue weighted by atomic mass is 28.3. The van der Waals surface area contributed by atoms with Crippen LogP contribution < -0.4 is 15.0 Å². The van der Waals surface area contributed by atoms with Gasteiger partial charge in [0, 0.05) is 56.6 Å². The molecule has 0 aliphatic carbocycles. The Morgan fingerprint density at radius 2 is 1.88 bits per heavy atom. The summed E-state index contributed by atoms with van der Waals surface area (Å²) < 4.78 is 52.8. The van der Waals surface area contributed by atoms with Crippen LogP contribution in [0, 0.1) is 0 Å². The summed E-state index contributed by atoms with van der Waals surface area (Å²) in [7, 11) is -1.34. The number of benzene rings is 1. The summed E-state index contributed by atoms with van der Waals surface area (Å²) in [5.74, 6) is -1.65. The Bertz CT molecular complexity index is 1720. The number of carbonyl (C=O) groups excluding carboxylic acids is 3. The third kappa shape index (κ3) is 6.55. The Labute approximate surface area is 277 Å². The number of rotatable bonds is 9. The van der Waals surface area contributed by atoms with Crippen molar-refractivity contribution < 1.29 is 37.0 Å². The molecule has 4 atom stereocenters.